The first-order valence-electron chi connectivity index (χ1n) is 17.2. The van der Waals surface area contributed by atoms with Gasteiger partial charge in [0.25, 0.3) is 20.2 Å². The third kappa shape index (κ3) is 5.26. The molecule has 6 atom stereocenters. The van der Waals surface area contributed by atoms with E-state index in [4.69, 9.17) is 0 Å². The molecule has 48 heavy (non-hydrogen) atoms. The van der Waals surface area contributed by atoms with E-state index in [0.29, 0.717) is 42.2 Å². The highest BCUT2D eigenvalue weighted by atomic mass is 32.2. The normalized spacial score (nSPS) is 37.1. The second kappa shape index (κ2) is 11.0. The summed E-state index contributed by atoms with van der Waals surface area (Å²) in [5, 5.41) is 0. The molecule has 0 heterocycles. The average molecular weight is 699 g/mol. The van der Waals surface area contributed by atoms with Crippen LogP contribution in [0.4, 0.5) is 0 Å². The number of hydrogen-bond acceptors (Lipinski definition) is 6. The van der Waals surface area contributed by atoms with Gasteiger partial charge < -0.3 is 0 Å². The predicted octanol–water partition coefficient (Wildman–Crippen LogP) is 7.24. The Morgan fingerprint density at radius 3 is 1.40 bits per heavy atom. The molecule has 6 fully saturated rings. The lowest BCUT2D eigenvalue weighted by atomic mass is 9.70. The first kappa shape index (κ1) is 35.4. The molecule has 262 valence electrons. The number of fused-ring (bicyclic) bond motifs is 6. The summed E-state index contributed by atoms with van der Waals surface area (Å²) in [5.41, 5.74) is 1.24. The lowest BCUT2D eigenvalue weighted by molar-refractivity contribution is -0.125. The monoisotopic (exact) mass is 698 g/mol. The molecular weight excluding hydrogens is 649 g/mol. The molecule has 0 aromatic heterocycles. The maximum atomic E-state index is 13.4. The summed E-state index contributed by atoms with van der Waals surface area (Å²) in [5.74, 6) is 0.0547. The van der Waals surface area contributed by atoms with Crippen LogP contribution in [0.3, 0.4) is 0 Å². The van der Waals surface area contributed by atoms with Crippen LogP contribution in [0.15, 0.2) is 47.6 Å². The summed E-state index contributed by atoms with van der Waals surface area (Å²) in [6, 6.07) is 7.33. The Kier molecular flexibility index (Phi) is 8.15. The van der Waals surface area contributed by atoms with Gasteiger partial charge in [0.05, 0.1) is 22.3 Å². The van der Waals surface area contributed by atoms with Crippen molar-refractivity contribution < 1.29 is 35.5 Å². The van der Waals surface area contributed by atoms with Crippen LogP contribution in [0.2, 0.25) is 0 Å². The van der Waals surface area contributed by atoms with Crippen molar-refractivity contribution in [2.24, 2.45) is 50.7 Å². The zero-order valence-electron chi connectivity index (χ0n) is 29.0. The van der Waals surface area contributed by atoms with Crippen molar-refractivity contribution in [2.45, 2.75) is 86.5 Å². The van der Waals surface area contributed by atoms with Crippen molar-refractivity contribution in [1.29, 1.82) is 0 Å². The zero-order chi connectivity index (χ0) is 35.5. The van der Waals surface area contributed by atoms with Crippen LogP contribution in [0.1, 0.15) is 97.6 Å². The minimum Gasteiger partial charge on any atom is -0.294 e. The molecule has 7 rings (SSSR count). The molecule has 6 unspecified atom stereocenters. The smallest absolute Gasteiger partial charge is 0.265 e. The summed E-state index contributed by atoms with van der Waals surface area (Å²) >= 11 is 0. The van der Waals surface area contributed by atoms with Gasteiger partial charge in [0.2, 0.25) is 0 Å². The zero-order valence-corrected chi connectivity index (χ0v) is 30.6. The third-order valence-corrected chi connectivity index (χ3v) is 16.0. The van der Waals surface area contributed by atoms with Crippen LogP contribution in [0.25, 0.3) is 12.2 Å². The average Bonchev–Trinajstić information content (AvgIpc) is 3.71. The quantitative estimate of drug-likeness (QED) is 0.180. The van der Waals surface area contributed by atoms with Crippen LogP contribution in [-0.4, -0.2) is 49.0 Å². The van der Waals surface area contributed by atoms with Gasteiger partial charge >= 0.3 is 0 Å². The molecule has 0 amide bonds. The van der Waals surface area contributed by atoms with Gasteiger partial charge in [0.1, 0.15) is 0 Å². The molecule has 0 saturated heterocycles. The second-order valence-electron chi connectivity index (χ2n) is 17.2. The van der Waals surface area contributed by atoms with Crippen LogP contribution in [0, 0.1) is 50.7 Å². The summed E-state index contributed by atoms with van der Waals surface area (Å²) in [4.78, 5) is 26.9. The summed E-state index contributed by atoms with van der Waals surface area (Å²) in [6.07, 6.45) is 10.1. The van der Waals surface area contributed by atoms with Gasteiger partial charge in [-0.2, -0.15) is 16.8 Å². The number of carbonyl (C=O) groups is 2. The Morgan fingerprint density at radius 1 is 0.708 bits per heavy atom. The predicted molar refractivity (Wildman–Crippen MR) is 187 cm³/mol. The lowest BCUT2D eigenvalue weighted by Gasteiger charge is -2.34. The van der Waals surface area contributed by atoms with Crippen molar-refractivity contribution >= 4 is 44.0 Å². The number of rotatable bonds is 6. The molecule has 6 aliphatic rings. The molecule has 8 nitrogen and oxygen atoms in total. The molecular formula is C38H50O8S2. The fourth-order valence-electron chi connectivity index (χ4n) is 11.0. The van der Waals surface area contributed by atoms with E-state index in [9.17, 15) is 35.5 Å². The topological polar surface area (TPSA) is 143 Å². The molecule has 0 radical (unpaired) electrons. The van der Waals surface area contributed by atoms with E-state index in [1.54, 1.807) is 12.2 Å². The van der Waals surface area contributed by atoms with E-state index in [0.717, 1.165) is 23.0 Å². The summed E-state index contributed by atoms with van der Waals surface area (Å²) in [7, 11) is -8.66. The Hall–Kier alpha value is -2.40. The van der Waals surface area contributed by atoms with E-state index in [1.165, 1.54) is 24.8 Å². The van der Waals surface area contributed by atoms with Crippen molar-refractivity contribution in [3.8, 4) is 0 Å². The Labute approximate surface area is 286 Å². The van der Waals surface area contributed by atoms with Crippen LogP contribution >= 0.6 is 0 Å². The second-order valence-corrected chi connectivity index (χ2v) is 20.1. The molecule has 1 aromatic carbocycles. The van der Waals surface area contributed by atoms with Gasteiger partial charge in [0, 0.05) is 11.1 Å². The molecule has 2 N–H and O–H groups in total. The molecule has 0 spiro atoms. The molecule has 10 heteroatoms. The Balaban J connectivity index is 0.000000340. The highest BCUT2D eigenvalue weighted by Gasteiger charge is 2.68. The van der Waals surface area contributed by atoms with Crippen molar-refractivity contribution in [1.82, 2.24) is 0 Å². The maximum absolute atomic E-state index is 13.4. The van der Waals surface area contributed by atoms with Gasteiger partial charge in [-0.3, -0.25) is 18.7 Å². The van der Waals surface area contributed by atoms with Gasteiger partial charge in [-0.05, 0) is 108 Å². The Morgan fingerprint density at radius 2 is 1.10 bits per heavy atom. The molecule has 6 bridgehead atoms. The number of Topliss-reactive ketones (excluding diaryl/α,β-unsaturated/α-hetero) is 2. The lowest BCUT2D eigenvalue weighted by Crippen LogP contribution is -2.42. The van der Waals surface area contributed by atoms with Crippen molar-refractivity contribution in [3.63, 3.8) is 0 Å². The first-order chi connectivity index (χ1) is 22.0. The van der Waals surface area contributed by atoms with Crippen molar-refractivity contribution in [2.75, 3.05) is 11.5 Å². The van der Waals surface area contributed by atoms with Crippen LogP contribution < -0.4 is 0 Å². The summed E-state index contributed by atoms with van der Waals surface area (Å²) in [6.45, 7) is 16.5. The molecule has 6 saturated carbocycles. The van der Waals surface area contributed by atoms with Gasteiger partial charge in [-0.1, -0.05) is 78.0 Å². The molecule has 0 aliphatic heterocycles. The fourth-order valence-corrected chi connectivity index (χ4v) is 13.5. The van der Waals surface area contributed by atoms with Gasteiger partial charge in [-0.25, -0.2) is 0 Å². The van der Waals surface area contributed by atoms with Gasteiger partial charge in [-0.15, -0.1) is 0 Å². The van der Waals surface area contributed by atoms with Crippen molar-refractivity contribution in [3.05, 3.63) is 58.7 Å². The van der Waals surface area contributed by atoms with E-state index >= 15 is 0 Å². The number of ketones is 2. The fraction of sp³-hybridized carbons (Fsp3) is 0.632. The van der Waals surface area contributed by atoms with E-state index < -0.39 is 53.4 Å². The van der Waals surface area contributed by atoms with E-state index in [1.807, 2.05) is 52.0 Å². The standard InChI is InChI=1S/C28H34O8S2.C10H16/c1-25(2)21-9-11-27(25,15-37(31,32)33)23(29)19(21)13-17-5-7-18(8-6-17)14-20-22-10-12-28(24(20)30,26(22,3)4)16-38(34,35)36;1-7-8-4-5-9(6-8)10(7,2)3/h5-8,13-14,21-22H,9-12,15-16H2,1-4H3,(H,31,32,33)(H,34,35,36);8-9H,1,4-6H2,2-3H3. The minimum absolute atomic E-state index is 0.105. The minimum atomic E-state index is -4.33. The van der Waals surface area contributed by atoms with Gasteiger partial charge in [0.15, 0.2) is 11.6 Å². The highest BCUT2D eigenvalue weighted by molar-refractivity contribution is 7.86. The highest BCUT2D eigenvalue weighted by Crippen LogP contribution is 2.67. The number of benzene rings is 1. The molecule has 6 aliphatic carbocycles. The SMILES string of the molecule is C=C1C2CCC(C2)C1(C)C.CC1(C)C2CCC1(CS(=O)(=O)O)C(=O)C2=Cc1ccc(C=C2C(=O)C3(CS(=O)(=O)O)CCC2C3(C)C)cc1. The van der Waals surface area contributed by atoms with E-state index in [2.05, 4.69) is 20.4 Å². The first-order valence-corrected chi connectivity index (χ1v) is 20.4. The van der Waals surface area contributed by atoms with E-state index in [-0.39, 0.29) is 23.4 Å². The summed E-state index contributed by atoms with van der Waals surface area (Å²) < 4.78 is 66.1. The third-order valence-electron chi connectivity index (χ3n) is 14.3. The van der Waals surface area contributed by atoms with Crippen LogP contribution in [-0.2, 0) is 29.8 Å². The van der Waals surface area contributed by atoms with Crippen LogP contribution in [0.5, 0.6) is 0 Å². The number of hydrogen-bond donors (Lipinski definition) is 2. The number of carbonyl (C=O) groups excluding carboxylic acids is 2. The largest absolute Gasteiger partial charge is 0.294 e. The number of allylic oxidation sites excluding steroid dienone is 3. The Bertz CT molecular complexity index is 1750. The maximum Gasteiger partial charge on any atom is 0.265 e. The molecule has 1 aromatic rings.